The highest BCUT2D eigenvalue weighted by Gasteiger charge is 2.51. The fourth-order valence-corrected chi connectivity index (χ4v) is 3.69. The Morgan fingerprint density at radius 1 is 1.28 bits per heavy atom. The summed E-state index contributed by atoms with van der Waals surface area (Å²) in [5.74, 6) is -2.04. The van der Waals surface area contributed by atoms with Gasteiger partial charge in [0, 0.05) is 6.54 Å². The van der Waals surface area contributed by atoms with E-state index in [1.807, 2.05) is 4.72 Å². The molecule has 2 amide bonds. The first kappa shape index (κ1) is 17.2. The summed E-state index contributed by atoms with van der Waals surface area (Å²) < 4.78 is 44.7. The van der Waals surface area contributed by atoms with Gasteiger partial charge < -0.3 is 9.32 Å². The van der Waals surface area contributed by atoms with Crippen LogP contribution in [0.4, 0.5) is 4.39 Å². The topological polar surface area (TPSA) is 96.7 Å². The van der Waals surface area contributed by atoms with Gasteiger partial charge in [0.05, 0.1) is 11.2 Å². The minimum atomic E-state index is -4.25. The van der Waals surface area contributed by atoms with Crippen LogP contribution in [0.2, 0.25) is 0 Å². The zero-order chi connectivity index (χ0) is 18.2. The van der Waals surface area contributed by atoms with E-state index in [-0.39, 0.29) is 10.7 Å². The molecule has 0 spiro atoms. The summed E-state index contributed by atoms with van der Waals surface area (Å²) >= 11 is 0. The van der Waals surface area contributed by atoms with Crippen molar-refractivity contribution in [1.29, 1.82) is 0 Å². The number of rotatable bonds is 4. The quantitative estimate of drug-likeness (QED) is 0.885. The Labute approximate surface area is 143 Å². The second-order valence-electron chi connectivity index (χ2n) is 5.85. The van der Waals surface area contributed by atoms with E-state index >= 15 is 0 Å². The number of halogens is 1. The monoisotopic (exact) mass is 366 g/mol. The number of nitrogens with one attached hydrogen (secondary N) is 1. The highest BCUT2D eigenvalue weighted by Crippen LogP contribution is 2.32. The van der Waals surface area contributed by atoms with Crippen LogP contribution in [0.5, 0.6) is 0 Å². The molecule has 132 valence electrons. The van der Waals surface area contributed by atoms with Crippen molar-refractivity contribution < 1.29 is 26.8 Å². The number of nitrogens with zero attached hydrogens (tertiary/aromatic N) is 1. The first-order chi connectivity index (χ1) is 11.7. The van der Waals surface area contributed by atoms with Crippen LogP contribution in [0.1, 0.15) is 23.9 Å². The van der Waals surface area contributed by atoms with Gasteiger partial charge in [0.2, 0.25) is 0 Å². The van der Waals surface area contributed by atoms with E-state index in [0.29, 0.717) is 13.0 Å². The maximum atomic E-state index is 13.2. The predicted octanol–water partition coefficient (Wildman–Crippen LogP) is 1.53. The minimum absolute atomic E-state index is 0.0618. The Kier molecular flexibility index (Phi) is 4.11. The molecule has 1 N–H and O–H groups in total. The molecular formula is C16H15FN2O5S. The van der Waals surface area contributed by atoms with Crippen LogP contribution < -0.4 is 4.72 Å². The maximum Gasteiger partial charge on any atom is 0.290 e. The molecule has 1 aliphatic rings. The third-order valence-electron chi connectivity index (χ3n) is 4.22. The van der Waals surface area contributed by atoms with Crippen LogP contribution >= 0.6 is 0 Å². The van der Waals surface area contributed by atoms with Crippen molar-refractivity contribution in [3.8, 4) is 0 Å². The zero-order valence-corrected chi connectivity index (χ0v) is 14.0. The van der Waals surface area contributed by atoms with Crippen molar-refractivity contribution in [3.05, 3.63) is 54.2 Å². The molecule has 25 heavy (non-hydrogen) atoms. The van der Waals surface area contributed by atoms with E-state index in [1.165, 1.54) is 36.3 Å². The molecule has 2 heterocycles. The Morgan fingerprint density at radius 2 is 2.04 bits per heavy atom. The number of hydrogen-bond acceptors (Lipinski definition) is 5. The van der Waals surface area contributed by atoms with Crippen LogP contribution in [0.25, 0.3) is 0 Å². The molecule has 0 saturated carbocycles. The highest BCUT2D eigenvalue weighted by atomic mass is 32.2. The molecule has 0 aliphatic carbocycles. The number of sulfonamides is 1. The number of benzene rings is 1. The molecule has 7 nitrogen and oxygen atoms in total. The molecule has 0 bridgehead atoms. The SMILES string of the molecule is CC1(C(=O)NS(=O)(=O)c2cccc(F)c2)CCN1C(=O)c1ccco1. The summed E-state index contributed by atoms with van der Waals surface area (Å²) in [5, 5.41) is 0. The van der Waals surface area contributed by atoms with E-state index < -0.39 is 33.2 Å². The molecule has 3 rings (SSSR count). The second kappa shape index (κ2) is 5.99. The molecule has 1 aliphatic heterocycles. The van der Waals surface area contributed by atoms with Crippen LogP contribution in [0.15, 0.2) is 52.0 Å². The van der Waals surface area contributed by atoms with Crippen LogP contribution in [0.3, 0.4) is 0 Å². The van der Waals surface area contributed by atoms with Crippen molar-refractivity contribution >= 4 is 21.8 Å². The smallest absolute Gasteiger partial charge is 0.290 e. The van der Waals surface area contributed by atoms with Crippen LogP contribution in [-0.2, 0) is 14.8 Å². The number of hydrogen-bond donors (Lipinski definition) is 1. The molecule has 1 aromatic carbocycles. The lowest BCUT2D eigenvalue weighted by Crippen LogP contribution is -2.67. The number of likely N-dealkylation sites (tertiary alicyclic amines) is 1. The summed E-state index contributed by atoms with van der Waals surface area (Å²) in [5.41, 5.74) is -1.33. The standard InChI is InChI=1S/C16H15FN2O5S/c1-16(7-8-19(16)14(20)13-6-3-9-24-13)15(21)18-25(22,23)12-5-2-4-11(17)10-12/h2-6,9-10H,7-8H2,1H3,(H,18,21). The summed E-state index contributed by atoms with van der Waals surface area (Å²) in [6, 6.07) is 7.31. The second-order valence-corrected chi connectivity index (χ2v) is 7.53. The lowest BCUT2D eigenvalue weighted by Gasteiger charge is -2.48. The van der Waals surface area contributed by atoms with Gasteiger partial charge in [-0.3, -0.25) is 9.59 Å². The van der Waals surface area contributed by atoms with Crippen molar-refractivity contribution in [2.75, 3.05) is 6.54 Å². The van der Waals surface area contributed by atoms with Gasteiger partial charge in [0.15, 0.2) is 5.76 Å². The van der Waals surface area contributed by atoms with Gasteiger partial charge in [-0.2, -0.15) is 0 Å². The van der Waals surface area contributed by atoms with E-state index in [4.69, 9.17) is 4.42 Å². The first-order valence-electron chi connectivity index (χ1n) is 7.42. The predicted molar refractivity (Wildman–Crippen MR) is 84.5 cm³/mol. The Hall–Kier alpha value is -2.68. The van der Waals surface area contributed by atoms with E-state index in [0.717, 1.165) is 12.1 Å². The van der Waals surface area contributed by atoms with Gasteiger partial charge in [-0.1, -0.05) is 6.07 Å². The summed E-state index contributed by atoms with van der Waals surface area (Å²) in [6.45, 7) is 1.76. The van der Waals surface area contributed by atoms with Crippen molar-refractivity contribution in [2.45, 2.75) is 23.8 Å². The Morgan fingerprint density at radius 3 is 2.60 bits per heavy atom. The number of amides is 2. The third kappa shape index (κ3) is 3.02. The average molecular weight is 366 g/mol. The number of carbonyl (C=O) groups is 2. The van der Waals surface area contributed by atoms with Crippen molar-refractivity contribution in [2.24, 2.45) is 0 Å². The molecule has 0 radical (unpaired) electrons. The lowest BCUT2D eigenvalue weighted by molar-refractivity contribution is -0.135. The fourth-order valence-electron chi connectivity index (χ4n) is 2.58. The minimum Gasteiger partial charge on any atom is -0.459 e. The van der Waals surface area contributed by atoms with Crippen molar-refractivity contribution in [1.82, 2.24) is 9.62 Å². The van der Waals surface area contributed by atoms with Gasteiger partial charge in [-0.15, -0.1) is 0 Å². The Bertz CT molecular complexity index is 926. The zero-order valence-electron chi connectivity index (χ0n) is 13.2. The van der Waals surface area contributed by atoms with E-state index in [1.54, 1.807) is 6.07 Å². The third-order valence-corrected chi connectivity index (χ3v) is 5.55. The molecule has 1 unspecified atom stereocenters. The first-order valence-corrected chi connectivity index (χ1v) is 8.91. The summed E-state index contributed by atoms with van der Waals surface area (Å²) in [4.78, 5) is 25.7. The van der Waals surface area contributed by atoms with Gasteiger partial charge in [0.1, 0.15) is 11.4 Å². The summed E-state index contributed by atoms with van der Waals surface area (Å²) in [7, 11) is -4.25. The molecule has 1 atom stereocenters. The molecular weight excluding hydrogens is 351 g/mol. The molecule has 1 saturated heterocycles. The largest absolute Gasteiger partial charge is 0.459 e. The number of furan rings is 1. The van der Waals surface area contributed by atoms with E-state index in [2.05, 4.69) is 0 Å². The van der Waals surface area contributed by atoms with Gasteiger partial charge in [0.25, 0.3) is 21.8 Å². The molecule has 1 aromatic heterocycles. The molecule has 2 aromatic rings. The fraction of sp³-hybridized carbons (Fsp3) is 0.250. The van der Waals surface area contributed by atoms with Crippen LogP contribution in [-0.4, -0.2) is 37.2 Å². The molecule has 1 fully saturated rings. The van der Waals surface area contributed by atoms with Crippen molar-refractivity contribution in [3.63, 3.8) is 0 Å². The highest BCUT2D eigenvalue weighted by molar-refractivity contribution is 7.90. The normalized spacial score (nSPS) is 20.0. The molecule has 9 heteroatoms. The average Bonchev–Trinajstić information content (AvgIpc) is 3.07. The number of carbonyl (C=O) groups excluding carboxylic acids is 2. The van der Waals surface area contributed by atoms with Gasteiger partial charge >= 0.3 is 0 Å². The Balaban J connectivity index is 1.79. The van der Waals surface area contributed by atoms with E-state index in [9.17, 15) is 22.4 Å². The summed E-state index contributed by atoms with van der Waals surface area (Å²) in [6.07, 6.45) is 1.63. The maximum absolute atomic E-state index is 13.2. The lowest BCUT2D eigenvalue weighted by atomic mass is 9.85. The van der Waals surface area contributed by atoms with Gasteiger partial charge in [-0.05, 0) is 43.7 Å². The van der Waals surface area contributed by atoms with Crippen LogP contribution in [0, 0.1) is 5.82 Å². The van der Waals surface area contributed by atoms with Gasteiger partial charge in [-0.25, -0.2) is 17.5 Å².